The van der Waals surface area contributed by atoms with E-state index in [1.165, 1.54) is 11.9 Å². The highest BCUT2D eigenvalue weighted by Crippen LogP contribution is 2.19. The summed E-state index contributed by atoms with van der Waals surface area (Å²) in [5.74, 6) is 1.62. The number of tetrazole rings is 1. The van der Waals surface area contributed by atoms with Crippen molar-refractivity contribution in [1.82, 2.24) is 30.3 Å². The number of hydrogen-bond donors (Lipinski definition) is 0. The first kappa shape index (κ1) is 15.9. The Labute approximate surface area is 149 Å². The first-order valence-corrected chi connectivity index (χ1v) is 8.20. The van der Waals surface area contributed by atoms with Gasteiger partial charge in [0.2, 0.25) is 5.82 Å². The second-order valence-corrected chi connectivity index (χ2v) is 5.60. The molecule has 2 aromatic carbocycles. The van der Waals surface area contributed by atoms with E-state index in [1.807, 2.05) is 36.4 Å². The van der Waals surface area contributed by atoms with Crippen LogP contribution in [-0.4, -0.2) is 30.3 Å². The lowest BCUT2D eigenvalue weighted by Gasteiger charge is -2.05. The lowest BCUT2D eigenvalue weighted by atomic mass is 10.1. The Kier molecular flexibility index (Phi) is 4.38. The zero-order chi connectivity index (χ0) is 17.8. The van der Waals surface area contributed by atoms with E-state index >= 15 is 0 Å². The van der Waals surface area contributed by atoms with Crippen LogP contribution in [0.15, 0.2) is 59.4 Å². The number of nitrogens with zero attached hydrogens (tertiary/aromatic N) is 6. The summed E-state index contributed by atoms with van der Waals surface area (Å²) in [6.45, 7) is 2.30. The minimum atomic E-state index is 0.180. The van der Waals surface area contributed by atoms with Crippen LogP contribution in [0.2, 0.25) is 0 Å². The van der Waals surface area contributed by atoms with Crippen LogP contribution >= 0.6 is 0 Å². The Balaban J connectivity index is 1.44. The SMILES string of the molecule is CCc1ccc(-c2noc(COc3cccc(-n4cnnn4)c3)n2)cc1. The Morgan fingerprint density at radius 3 is 2.77 bits per heavy atom. The van der Waals surface area contributed by atoms with Gasteiger partial charge in [-0.15, -0.1) is 5.10 Å². The predicted molar refractivity (Wildman–Crippen MR) is 92.6 cm³/mol. The Morgan fingerprint density at radius 1 is 1.12 bits per heavy atom. The van der Waals surface area contributed by atoms with Crippen molar-refractivity contribution in [1.29, 1.82) is 0 Å². The van der Waals surface area contributed by atoms with Crippen LogP contribution in [-0.2, 0) is 13.0 Å². The zero-order valence-electron chi connectivity index (χ0n) is 14.1. The molecule has 0 radical (unpaired) electrons. The van der Waals surface area contributed by atoms with Crippen LogP contribution in [0.25, 0.3) is 17.1 Å². The van der Waals surface area contributed by atoms with Crippen molar-refractivity contribution in [2.24, 2.45) is 0 Å². The van der Waals surface area contributed by atoms with Gasteiger partial charge in [-0.1, -0.05) is 42.4 Å². The molecule has 0 N–H and O–H groups in total. The average molecular weight is 348 g/mol. The topological polar surface area (TPSA) is 91.8 Å². The lowest BCUT2D eigenvalue weighted by molar-refractivity contribution is 0.243. The first-order valence-electron chi connectivity index (χ1n) is 8.20. The maximum absolute atomic E-state index is 5.74. The molecule has 2 aromatic heterocycles. The third-order valence-electron chi connectivity index (χ3n) is 3.88. The predicted octanol–water partition coefficient (Wildman–Crippen LogP) is 2.85. The molecule has 8 heteroatoms. The summed E-state index contributed by atoms with van der Waals surface area (Å²) in [5, 5.41) is 15.1. The maximum atomic E-state index is 5.74. The quantitative estimate of drug-likeness (QED) is 0.529. The summed E-state index contributed by atoms with van der Waals surface area (Å²) >= 11 is 0. The van der Waals surface area contributed by atoms with Crippen LogP contribution in [0, 0.1) is 0 Å². The molecule has 0 atom stereocenters. The van der Waals surface area contributed by atoms with E-state index in [0.717, 1.165) is 17.7 Å². The molecule has 8 nitrogen and oxygen atoms in total. The molecule has 130 valence electrons. The standard InChI is InChI=1S/C18H16N6O2/c1-2-13-6-8-14(9-7-13)18-20-17(26-21-18)11-25-16-5-3-4-15(10-16)24-12-19-22-23-24/h3-10,12H,2,11H2,1H3. The summed E-state index contributed by atoms with van der Waals surface area (Å²) in [7, 11) is 0. The molecule has 0 saturated carbocycles. The molecule has 0 amide bonds. The van der Waals surface area contributed by atoms with E-state index in [9.17, 15) is 0 Å². The third kappa shape index (κ3) is 3.44. The van der Waals surface area contributed by atoms with Crippen molar-refractivity contribution < 1.29 is 9.26 Å². The van der Waals surface area contributed by atoms with Gasteiger partial charge < -0.3 is 9.26 Å². The number of aromatic nitrogens is 6. The third-order valence-corrected chi connectivity index (χ3v) is 3.88. The molecule has 2 heterocycles. The van der Waals surface area contributed by atoms with Gasteiger partial charge in [0.25, 0.3) is 5.89 Å². The minimum absolute atomic E-state index is 0.180. The fraction of sp³-hybridized carbons (Fsp3) is 0.167. The normalized spacial score (nSPS) is 10.8. The van der Waals surface area contributed by atoms with Crippen LogP contribution in [0.3, 0.4) is 0 Å². The van der Waals surface area contributed by atoms with E-state index in [2.05, 4.69) is 44.7 Å². The number of benzene rings is 2. The van der Waals surface area contributed by atoms with Crippen molar-refractivity contribution in [3.63, 3.8) is 0 Å². The zero-order valence-corrected chi connectivity index (χ0v) is 14.1. The van der Waals surface area contributed by atoms with Crippen molar-refractivity contribution in [3.05, 3.63) is 66.3 Å². The van der Waals surface area contributed by atoms with E-state index in [4.69, 9.17) is 9.26 Å². The molecule has 4 rings (SSSR count). The Hall–Kier alpha value is -3.55. The molecule has 0 aliphatic heterocycles. The molecular weight excluding hydrogens is 332 g/mol. The maximum Gasteiger partial charge on any atom is 0.264 e. The molecule has 0 bridgehead atoms. The van der Waals surface area contributed by atoms with Gasteiger partial charge in [0.15, 0.2) is 6.61 Å². The van der Waals surface area contributed by atoms with Gasteiger partial charge in [-0.2, -0.15) is 4.98 Å². The highest BCUT2D eigenvalue weighted by atomic mass is 16.5. The van der Waals surface area contributed by atoms with Crippen LogP contribution in [0.5, 0.6) is 5.75 Å². The summed E-state index contributed by atoms with van der Waals surface area (Å²) < 4.78 is 12.6. The lowest BCUT2D eigenvalue weighted by Crippen LogP contribution is -1.98. The minimum Gasteiger partial charge on any atom is -0.484 e. The number of rotatable bonds is 6. The van der Waals surface area contributed by atoms with E-state index in [0.29, 0.717) is 17.5 Å². The van der Waals surface area contributed by atoms with Crippen LogP contribution < -0.4 is 4.74 Å². The van der Waals surface area contributed by atoms with E-state index in [1.54, 1.807) is 4.68 Å². The van der Waals surface area contributed by atoms with Gasteiger partial charge in [-0.25, -0.2) is 4.68 Å². The Morgan fingerprint density at radius 2 is 2.00 bits per heavy atom. The Bertz CT molecular complexity index is 979. The summed E-state index contributed by atoms with van der Waals surface area (Å²) in [5.41, 5.74) is 2.98. The van der Waals surface area contributed by atoms with Crippen molar-refractivity contribution in [2.75, 3.05) is 0 Å². The van der Waals surface area contributed by atoms with Gasteiger partial charge >= 0.3 is 0 Å². The van der Waals surface area contributed by atoms with Gasteiger partial charge in [0.05, 0.1) is 5.69 Å². The molecule has 0 aliphatic carbocycles. The summed E-state index contributed by atoms with van der Waals surface area (Å²) in [6.07, 6.45) is 2.52. The van der Waals surface area contributed by atoms with Gasteiger partial charge in [-0.3, -0.25) is 0 Å². The highest BCUT2D eigenvalue weighted by molar-refractivity contribution is 5.54. The molecule has 0 saturated heterocycles. The van der Waals surface area contributed by atoms with Crippen molar-refractivity contribution >= 4 is 0 Å². The molecule has 0 fully saturated rings. The van der Waals surface area contributed by atoms with Crippen molar-refractivity contribution in [2.45, 2.75) is 20.0 Å². The average Bonchev–Trinajstić information content (AvgIpc) is 3.39. The molecule has 0 spiro atoms. The number of hydrogen-bond acceptors (Lipinski definition) is 7. The molecule has 26 heavy (non-hydrogen) atoms. The molecular formula is C18H16N6O2. The second-order valence-electron chi connectivity index (χ2n) is 5.60. The second kappa shape index (κ2) is 7.14. The fourth-order valence-corrected chi connectivity index (χ4v) is 2.46. The number of ether oxygens (including phenoxy) is 1. The molecule has 4 aromatic rings. The van der Waals surface area contributed by atoms with E-state index < -0.39 is 0 Å². The monoisotopic (exact) mass is 348 g/mol. The van der Waals surface area contributed by atoms with Gasteiger partial charge in [0, 0.05) is 11.6 Å². The summed E-state index contributed by atoms with van der Waals surface area (Å²) in [4.78, 5) is 4.38. The molecule has 0 unspecified atom stereocenters. The largest absolute Gasteiger partial charge is 0.484 e. The fourth-order valence-electron chi connectivity index (χ4n) is 2.46. The first-order chi connectivity index (χ1) is 12.8. The van der Waals surface area contributed by atoms with Crippen LogP contribution in [0.4, 0.5) is 0 Å². The van der Waals surface area contributed by atoms with Crippen LogP contribution in [0.1, 0.15) is 18.4 Å². The van der Waals surface area contributed by atoms with Gasteiger partial charge in [0.1, 0.15) is 12.1 Å². The van der Waals surface area contributed by atoms with Gasteiger partial charge in [-0.05, 0) is 34.5 Å². The van der Waals surface area contributed by atoms with Crippen molar-refractivity contribution in [3.8, 4) is 22.8 Å². The molecule has 0 aliphatic rings. The highest BCUT2D eigenvalue weighted by Gasteiger charge is 2.10. The van der Waals surface area contributed by atoms with E-state index in [-0.39, 0.29) is 6.61 Å². The number of aryl methyl sites for hydroxylation is 1. The summed E-state index contributed by atoms with van der Waals surface area (Å²) in [6, 6.07) is 15.5. The smallest absolute Gasteiger partial charge is 0.264 e.